The van der Waals surface area contributed by atoms with E-state index in [-0.39, 0.29) is 11.9 Å². The van der Waals surface area contributed by atoms with Crippen molar-refractivity contribution in [1.82, 2.24) is 4.90 Å². The second-order valence-corrected chi connectivity index (χ2v) is 6.63. The maximum absolute atomic E-state index is 13.0. The third kappa shape index (κ3) is 3.17. The molecule has 0 aromatic heterocycles. The third-order valence-corrected chi connectivity index (χ3v) is 4.95. The molecule has 4 rings (SSSR count). The van der Waals surface area contributed by atoms with Gasteiger partial charge in [-0.1, -0.05) is 30.3 Å². The molecule has 26 heavy (non-hydrogen) atoms. The molecule has 1 amide bonds. The van der Waals surface area contributed by atoms with Crippen molar-refractivity contribution >= 4 is 17.8 Å². The Hall–Kier alpha value is -2.82. The predicted octanol–water partition coefficient (Wildman–Crippen LogP) is 3.98. The van der Waals surface area contributed by atoms with Gasteiger partial charge >= 0.3 is 0 Å². The zero-order valence-electron chi connectivity index (χ0n) is 14.9. The topological polar surface area (TPSA) is 51.1 Å². The smallest absolute Gasteiger partial charge is 0.256 e. The Morgan fingerprint density at radius 3 is 2.81 bits per heavy atom. The van der Waals surface area contributed by atoms with Gasteiger partial charge in [0.25, 0.3) is 5.91 Å². The van der Waals surface area contributed by atoms with Gasteiger partial charge in [0.2, 0.25) is 0 Å². The van der Waals surface area contributed by atoms with Gasteiger partial charge in [-0.2, -0.15) is 0 Å². The van der Waals surface area contributed by atoms with Gasteiger partial charge < -0.3 is 14.4 Å². The molecule has 0 unspecified atom stereocenters. The molecule has 5 nitrogen and oxygen atoms in total. The van der Waals surface area contributed by atoms with Gasteiger partial charge in [0.1, 0.15) is 6.61 Å². The molecule has 0 bridgehead atoms. The van der Waals surface area contributed by atoms with E-state index in [4.69, 9.17) is 9.47 Å². The molecule has 0 spiro atoms. The molecule has 0 saturated carbocycles. The molecule has 2 heterocycles. The summed E-state index contributed by atoms with van der Waals surface area (Å²) in [6.45, 7) is 1.21. The summed E-state index contributed by atoms with van der Waals surface area (Å²) in [7, 11) is 1.59. The average molecular weight is 350 g/mol. The number of methoxy groups -OCH3 is 1. The number of hydrogen-bond acceptors (Lipinski definition) is 4. The quantitative estimate of drug-likeness (QED) is 0.838. The lowest BCUT2D eigenvalue weighted by molar-refractivity contribution is 0.0688. The number of nitrogens with zero attached hydrogens (tertiary/aromatic N) is 2. The molecule has 0 aliphatic carbocycles. The first kappa shape index (κ1) is 16.6. The van der Waals surface area contributed by atoms with E-state index in [2.05, 4.69) is 4.99 Å². The minimum atomic E-state index is 0.0232. The van der Waals surface area contributed by atoms with Gasteiger partial charge in [-0.05, 0) is 30.9 Å². The number of ether oxygens (including phenoxy) is 2. The number of rotatable bonds is 4. The number of amides is 1. The zero-order chi connectivity index (χ0) is 17.9. The van der Waals surface area contributed by atoms with Crippen LogP contribution in [0.3, 0.4) is 0 Å². The van der Waals surface area contributed by atoms with Crippen LogP contribution in [-0.2, 0) is 6.61 Å². The maximum atomic E-state index is 13.0. The van der Waals surface area contributed by atoms with E-state index in [0.29, 0.717) is 29.4 Å². The van der Waals surface area contributed by atoms with Gasteiger partial charge in [0, 0.05) is 18.8 Å². The van der Waals surface area contributed by atoms with Crippen molar-refractivity contribution in [3.8, 4) is 11.5 Å². The van der Waals surface area contributed by atoms with Crippen LogP contribution in [0.25, 0.3) is 0 Å². The fourth-order valence-electron chi connectivity index (χ4n) is 3.52. The summed E-state index contributed by atoms with van der Waals surface area (Å²) in [4.78, 5) is 19.5. The minimum Gasteiger partial charge on any atom is -0.493 e. The zero-order valence-corrected chi connectivity index (χ0v) is 14.9. The maximum Gasteiger partial charge on any atom is 0.256 e. The van der Waals surface area contributed by atoms with Crippen molar-refractivity contribution in [3.05, 3.63) is 53.6 Å². The van der Waals surface area contributed by atoms with Gasteiger partial charge in [-0.3, -0.25) is 9.79 Å². The van der Waals surface area contributed by atoms with Gasteiger partial charge in [0.15, 0.2) is 11.5 Å². The standard InChI is InChI=1S/C21H22N2O3/c1-25-19-11-17-18(12-20(19)26-14-15-7-3-2-4-8-15)22-13-16-9-5-6-10-23(16)21(17)24/h2-4,7-8,11-13,16H,5-6,9-10,14H2,1H3/t16-/m1/s1. The molecule has 1 atom stereocenters. The van der Waals surface area contributed by atoms with Crippen LogP contribution in [0.5, 0.6) is 11.5 Å². The summed E-state index contributed by atoms with van der Waals surface area (Å²) >= 11 is 0. The van der Waals surface area contributed by atoms with Crippen LogP contribution < -0.4 is 9.47 Å². The Kier molecular flexibility index (Phi) is 4.61. The molecule has 0 N–H and O–H groups in total. The number of benzene rings is 2. The number of aliphatic imine (C=N–C) groups is 1. The highest BCUT2D eigenvalue weighted by molar-refractivity contribution is 6.03. The molecule has 5 heteroatoms. The van der Waals surface area contributed by atoms with Crippen molar-refractivity contribution in [2.45, 2.75) is 31.9 Å². The van der Waals surface area contributed by atoms with Crippen LogP contribution in [0.1, 0.15) is 35.2 Å². The number of carbonyl (C=O) groups is 1. The van der Waals surface area contributed by atoms with E-state index in [9.17, 15) is 4.79 Å². The van der Waals surface area contributed by atoms with Gasteiger partial charge in [0.05, 0.1) is 24.4 Å². The lowest BCUT2D eigenvalue weighted by Gasteiger charge is -2.32. The van der Waals surface area contributed by atoms with Crippen LogP contribution >= 0.6 is 0 Å². The Morgan fingerprint density at radius 2 is 2.00 bits per heavy atom. The normalized spacial score (nSPS) is 18.7. The summed E-state index contributed by atoms with van der Waals surface area (Å²) in [5.74, 6) is 1.17. The Balaban J connectivity index is 1.65. The van der Waals surface area contributed by atoms with E-state index in [1.807, 2.05) is 47.5 Å². The average Bonchev–Trinajstić information content (AvgIpc) is 2.83. The third-order valence-electron chi connectivity index (χ3n) is 4.95. The van der Waals surface area contributed by atoms with Crippen molar-refractivity contribution in [1.29, 1.82) is 0 Å². The molecular weight excluding hydrogens is 328 g/mol. The van der Waals surface area contributed by atoms with Crippen LogP contribution in [0, 0.1) is 0 Å². The molecule has 2 aliphatic rings. The van der Waals surface area contributed by atoms with E-state index >= 15 is 0 Å². The van der Waals surface area contributed by atoms with E-state index < -0.39 is 0 Å². The largest absolute Gasteiger partial charge is 0.493 e. The first-order valence-electron chi connectivity index (χ1n) is 9.00. The van der Waals surface area contributed by atoms with Crippen molar-refractivity contribution in [2.24, 2.45) is 4.99 Å². The molecule has 134 valence electrons. The van der Waals surface area contributed by atoms with Crippen molar-refractivity contribution < 1.29 is 14.3 Å². The summed E-state index contributed by atoms with van der Waals surface area (Å²) in [6, 6.07) is 13.6. The highest BCUT2D eigenvalue weighted by Gasteiger charge is 2.31. The summed E-state index contributed by atoms with van der Waals surface area (Å²) in [5.41, 5.74) is 2.30. The summed E-state index contributed by atoms with van der Waals surface area (Å²) in [5, 5.41) is 0. The number of piperidine rings is 1. The van der Waals surface area contributed by atoms with Crippen LogP contribution in [0.4, 0.5) is 5.69 Å². The Morgan fingerprint density at radius 1 is 1.15 bits per heavy atom. The Bertz CT molecular complexity index is 833. The fourth-order valence-corrected chi connectivity index (χ4v) is 3.52. The van der Waals surface area contributed by atoms with E-state index in [1.165, 1.54) is 0 Å². The number of hydrogen-bond donors (Lipinski definition) is 0. The lowest BCUT2D eigenvalue weighted by Crippen LogP contribution is -2.43. The van der Waals surface area contributed by atoms with Crippen LogP contribution in [-0.4, -0.2) is 36.7 Å². The molecule has 1 saturated heterocycles. The van der Waals surface area contributed by atoms with Crippen molar-refractivity contribution in [3.63, 3.8) is 0 Å². The second-order valence-electron chi connectivity index (χ2n) is 6.63. The second kappa shape index (κ2) is 7.20. The lowest BCUT2D eigenvalue weighted by atomic mass is 10.0. The Labute approximate surface area is 153 Å². The molecule has 2 aliphatic heterocycles. The molecule has 1 fully saturated rings. The first-order valence-corrected chi connectivity index (χ1v) is 9.00. The first-order chi connectivity index (χ1) is 12.8. The fraction of sp³-hybridized carbons (Fsp3) is 0.333. The highest BCUT2D eigenvalue weighted by atomic mass is 16.5. The molecular formula is C21H22N2O3. The summed E-state index contributed by atoms with van der Waals surface area (Å²) < 4.78 is 11.4. The molecule has 0 radical (unpaired) electrons. The number of fused-ring (bicyclic) bond motifs is 2. The number of carbonyl (C=O) groups excluding carboxylic acids is 1. The van der Waals surface area contributed by atoms with Gasteiger partial charge in [-0.25, -0.2) is 0 Å². The molecule has 2 aromatic carbocycles. The van der Waals surface area contributed by atoms with Crippen molar-refractivity contribution in [2.75, 3.05) is 13.7 Å². The van der Waals surface area contributed by atoms with Crippen LogP contribution in [0.15, 0.2) is 47.5 Å². The van der Waals surface area contributed by atoms with E-state index in [0.717, 1.165) is 31.4 Å². The van der Waals surface area contributed by atoms with E-state index in [1.54, 1.807) is 13.2 Å². The summed E-state index contributed by atoms with van der Waals surface area (Å²) in [6.07, 6.45) is 5.04. The SMILES string of the molecule is COc1cc2c(cc1OCc1ccccc1)N=C[C@H]1CCCCN1C2=O. The minimum absolute atomic E-state index is 0.0232. The molecule has 2 aromatic rings. The predicted molar refractivity (Wildman–Crippen MR) is 101 cm³/mol. The van der Waals surface area contributed by atoms with Crippen LogP contribution in [0.2, 0.25) is 0 Å². The highest BCUT2D eigenvalue weighted by Crippen LogP contribution is 2.38. The van der Waals surface area contributed by atoms with Gasteiger partial charge in [-0.15, -0.1) is 0 Å². The monoisotopic (exact) mass is 350 g/mol.